The molecule has 0 bridgehead atoms. The maximum absolute atomic E-state index is 5.92. The maximum atomic E-state index is 5.92. The van der Waals surface area contributed by atoms with Gasteiger partial charge in [-0.25, -0.2) is 4.68 Å². The number of ether oxygens (including phenoxy) is 1. The molecule has 0 saturated carbocycles. The van der Waals surface area contributed by atoms with E-state index >= 15 is 0 Å². The molecule has 0 amide bonds. The number of nitrogens with zero attached hydrogens (tertiary/aromatic N) is 2. The summed E-state index contributed by atoms with van der Waals surface area (Å²) < 4.78 is 9.27. The number of benzene rings is 1. The summed E-state index contributed by atoms with van der Waals surface area (Å²) in [6, 6.07) is 2.36. The molecule has 2 aromatic rings. The first-order chi connectivity index (χ1) is 10.3. The van der Waals surface area contributed by atoms with E-state index in [0.29, 0.717) is 5.92 Å². The molecule has 21 heavy (non-hydrogen) atoms. The summed E-state index contributed by atoms with van der Waals surface area (Å²) in [6.45, 7) is 3.19. The highest BCUT2D eigenvalue weighted by molar-refractivity contribution is 9.10. The van der Waals surface area contributed by atoms with E-state index in [-0.39, 0.29) is 6.23 Å². The molecular weight excluding hydrogens is 328 g/mol. The molecular formula is C17H21BrN2O. The third-order valence-electron chi connectivity index (χ3n) is 4.97. The monoisotopic (exact) mass is 348 g/mol. The van der Waals surface area contributed by atoms with Crippen molar-refractivity contribution >= 4 is 26.8 Å². The van der Waals surface area contributed by atoms with Gasteiger partial charge in [0.15, 0.2) is 6.23 Å². The van der Waals surface area contributed by atoms with Gasteiger partial charge in [-0.15, -0.1) is 0 Å². The van der Waals surface area contributed by atoms with Crippen LogP contribution in [0.3, 0.4) is 0 Å². The number of hydrogen-bond acceptors (Lipinski definition) is 2. The molecule has 1 aliphatic heterocycles. The van der Waals surface area contributed by atoms with Crippen LogP contribution in [-0.4, -0.2) is 16.4 Å². The van der Waals surface area contributed by atoms with Gasteiger partial charge in [-0.2, -0.15) is 5.10 Å². The molecule has 4 heteroatoms. The van der Waals surface area contributed by atoms with E-state index in [4.69, 9.17) is 4.74 Å². The van der Waals surface area contributed by atoms with E-state index < -0.39 is 0 Å². The second-order valence-corrected chi connectivity index (χ2v) is 7.19. The summed E-state index contributed by atoms with van der Waals surface area (Å²) in [7, 11) is 0. The largest absolute Gasteiger partial charge is 0.356 e. The molecule has 112 valence electrons. The normalized spacial score (nSPS) is 26.0. The highest BCUT2D eigenvalue weighted by atomic mass is 79.9. The summed E-state index contributed by atoms with van der Waals surface area (Å²) in [5.41, 5.74) is 4.21. The number of rotatable bonds is 1. The zero-order valence-corrected chi connectivity index (χ0v) is 14.0. The van der Waals surface area contributed by atoms with Crippen molar-refractivity contribution < 1.29 is 4.74 Å². The second-order valence-electron chi connectivity index (χ2n) is 6.40. The van der Waals surface area contributed by atoms with E-state index in [9.17, 15) is 0 Å². The average Bonchev–Trinajstić information content (AvgIpc) is 2.92. The van der Waals surface area contributed by atoms with Crippen LogP contribution in [-0.2, 0) is 11.2 Å². The molecule has 2 unspecified atom stereocenters. The first kappa shape index (κ1) is 13.8. The minimum Gasteiger partial charge on any atom is -0.356 e. The summed E-state index contributed by atoms with van der Waals surface area (Å²) in [4.78, 5) is 0. The minimum absolute atomic E-state index is 0.113. The predicted octanol–water partition coefficient (Wildman–Crippen LogP) is 4.94. The van der Waals surface area contributed by atoms with Crippen LogP contribution in [0.1, 0.15) is 62.3 Å². The van der Waals surface area contributed by atoms with Gasteiger partial charge in [0.25, 0.3) is 0 Å². The highest BCUT2D eigenvalue weighted by Crippen LogP contribution is 2.41. The minimum atomic E-state index is 0.113. The lowest BCUT2D eigenvalue weighted by Gasteiger charge is -2.26. The number of aromatic nitrogens is 2. The topological polar surface area (TPSA) is 27.1 Å². The lowest BCUT2D eigenvalue weighted by Crippen LogP contribution is -2.19. The van der Waals surface area contributed by atoms with Gasteiger partial charge in [0.05, 0.1) is 11.7 Å². The van der Waals surface area contributed by atoms with E-state index in [1.807, 2.05) is 6.20 Å². The molecule has 4 rings (SSSR count). The summed E-state index contributed by atoms with van der Waals surface area (Å²) in [5, 5.41) is 5.87. The third-order valence-corrected chi connectivity index (χ3v) is 5.82. The highest BCUT2D eigenvalue weighted by Gasteiger charge is 2.25. The van der Waals surface area contributed by atoms with E-state index in [1.165, 1.54) is 58.6 Å². The van der Waals surface area contributed by atoms with Crippen LogP contribution in [0.5, 0.6) is 0 Å². The Balaban J connectivity index is 1.86. The van der Waals surface area contributed by atoms with Gasteiger partial charge in [-0.1, -0.05) is 6.92 Å². The Hall–Kier alpha value is -0.870. The van der Waals surface area contributed by atoms with E-state index in [2.05, 4.69) is 38.7 Å². The predicted molar refractivity (Wildman–Crippen MR) is 87.6 cm³/mol. The Bertz CT molecular complexity index is 673. The molecule has 0 radical (unpaired) electrons. The molecule has 0 N–H and O–H groups in total. The van der Waals surface area contributed by atoms with Crippen LogP contribution in [0.4, 0.5) is 0 Å². The molecule has 2 aliphatic rings. The molecule has 2 atom stereocenters. The fourth-order valence-electron chi connectivity index (χ4n) is 3.84. The van der Waals surface area contributed by atoms with Crippen molar-refractivity contribution in [2.75, 3.05) is 6.61 Å². The van der Waals surface area contributed by atoms with Crippen molar-refractivity contribution in [3.63, 3.8) is 0 Å². The van der Waals surface area contributed by atoms with Crippen LogP contribution in [0, 0.1) is 0 Å². The molecule has 1 fully saturated rings. The SMILES string of the molecule is CC1CCCc2cc3c(cnn3C3CCCCO3)c(Br)c21. The molecule has 3 nitrogen and oxygen atoms in total. The Morgan fingerprint density at radius 3 is 3.00 bits per heavy atom. The smallest absolute Gasteiger partial charge is 0.150 e. The van der Waals surface area contributed by atoms with E-state index in [1.54, 1.807) is 0 Å². The lowest BCUT2D eigenvalue weighted by molar-refractivity contribution is -0.0366. The zero-order chi connectivity index (χ0) is 14.4. The number of halogens is 1. The lowest BCUT2D eigenvalue weighted by atomic mass is 9.83. The molecule has 1 saturated heterocycles. The molecule has 0 spiro atoms. The first-order valence-electron chi connectivity index (χ1n) is 8.06. The fourth-order valence-corrected chi connectivity index (χ4v) is 4.79. The van der Waals surface area contributed by atoms with Crippen molar-refractivity contribution in [1.29, 1.82) is 0 Å². The first-order valence-corrected chi connectivity index (χ1v) is 8.85. The summed E-state index contributed by atoms with van der Waals surface area (Å²) in [5.74, 6) is 0.641. The van der Waals surface area contributed by atoms with Crippen LogP contribution in [0.25, 0.3) is 10.9 Å². The van der Waals surface area contributed by atoms with Gasteiger partial charge in [0.1, 0.15) is 0 Å². The standard InChI is InChI=1S/C17H21BrN2O/c1-11-5-4-6-12-9-14-13(17(18)16(11)12)10-19-20(14)15-7-2-3-8-21-15/h9-11,15H,2-8H2,1H3. The van der Waals surface area contributed by atoms with Gasteiger partial charge in [0.2, 0.25) is 0 Å². The fraction of sp³-hybridized carbons (Fsp3) is 0.588. The summed E-state index contributed by atoms with van der Waals surface area (Å²) >= 11 is 3.85. The Labute approximate surface area is 133 Å². The van der Waals surface area contributed by atoms with Gasteiger partial charge in [-0.05, 0) is 77.6 Å². The van der Waals surface area contributed by atoms with Crippen LogP contribution in [0.2, 0.25) is 0 Å². The van der Waals surface area contributed by atoms with Gasteiger partial charge < -0.3 is 4.74 Å². The third kappa shape index (κ3) is 2.23. The van der Waals surface area contributed by atoms with Gasteiger partial charge in [-0.3, -0.25) is 0 Å². The second kappa shape index (κ2) is 5.40. The van der Waals surface area contributed by atoms with Crippen molar-refractivity contribution in [2.24, 2.45) is 0 Å². The quantitative estimate of drug-likeness (QED) is 0.729. The van der Waals surface area contributed by atoms with Crippen molar-refractivity contribution in [2.45, 2.75) is 57.6 Å². The van der Waals surface area contributed by atoms with Crippen molar-refractivity contribution in [3.8, 4) is 0 Å². The van der Waals surface area contributed by atoms with Crippen molar-refractivity contribution in [3.05, 3.63) is 27.9 Å². The Morgan fingerprint density at radius 2 is 2.19 bits per heavy atom. The molecule has 2 heterocycles. The number of hydrogen-bond donors (Lipinski definition) is 0. The Morgan fingerprint density at radius 1 is 1.29 bits per heavy atom. The van der Waals surface area contributed by atoms with E-state index in [0.717, 1.165) is 13.0 Å². The van der Waals surface area contributed by atoms with Crippen LogP contribution < -0.4 is 0 Å². The number of aryl methyl sites for hydroxylation is 1. The molecule has 1 aromatic carbocycles. The average molecular weight is 349 g/mol. The molecule has 1 aromatic heterocycles. The Kier molecular flexibility index (Phi) is 3.54. The maximum Gasteiger partial charge on any atom is 0.150 e. The van der Waals surface area contributed by atoms with Crippen LogP contribution >= 0.6 is 15.9 Å². The van der Waals surface area contributed by atoms with Crippen LogP contribution in [0.15, 0.2) is 16.7 Å². The summed E-state index contributed by atoms with van der Waals surface area (Å²) in [6.07, 6.45) is 9.35. The number of fused-ring (bicyclic) bond motifs is 2. The zero-order valence-electron chi connectivity index (χ0n) is 12.4. The molecule has 1 aliphatic carbocycles. The van der Waals surface area contributed by atoms with Gasteiger partial charge in [0, 0.05) is 16.5 Å². The van der Waals surface area contributed by atoms with Gasteiger partial charge >= 0.3 is 0 Å². The van der Waals surface area contributed by atoms with Crippen molar-refractivity contribution in [1.82, 2.24) is 9.78 Å².